The minimum atomic E-state index is -2.01. The number of benzene rings is 1. The van der Waals surface area contributed by atoms with Crippen molar-refractivity contribution in [2.45, 2.75) is 6.10 Å². The summed E-state index contributed by atoms with van der Waals surface area (Å²) in [5, 5.41) is 17.7. The fourth-order valence-electron chi connectivity index (χ4n) is 1.20. The van der Waals surface area contributed by atoms with E-state index < -0.39 is 23.5 Å². The Balaban J connectivity index is 3.31. The largest absolute Gasteiger partial charge is 0.496 e. The average molecular weight is 228 g/mol. The number of aliphatic carboxylic acids is 1. The van der Waals surface area contributed by atoms with Crippen LogP contribution in [0, 0.1) is 5.82 Å². The van der Waals surface area contributed by atoms with Crippen LogP contribution >= 0.6 is 0 Å². The molecule has 0 bridgehead atoms. The lowest BCUT2D eigenvalue weighted by Crippen LogP contribution is -2.13. The van der Waals surface area contributed by atoms with Gasteiger partial charge < -0.3 is 14.9 Å². The van der Waals surface area contributed by atoms with Crippen molar-refractivity contribution < 1.29 is 28.9 Å². The Hall–Kier alpha value is -1.95. The predicted molar refractivity (Wildman–Crippen MR) is 50.9 cm³/mol. The molecule has 0 heterocycles. The fraction of sp³-hybridized carbons (Fsp3) is 0.200. The number of rotatable bonds is 4. The number of carboxylic acids is 1. The summed E-state index contributed by atoms with van der Waals surface area (Å²) in [6, 6.07) is 1.80. The maximum Gasteiger partial charge on any atom is 0.337 e. The summed E-state index contributed by atoms with van der Waals surface area (Å²) >= 11 is 0. The first kappa shape index (κ1) is 12.1. The molecule has 0 spiro atoms. The molecule has 0 aromatic heterocycles. The minimum absolute atomic E-state index is 0.0196. The number of carbonyl (C=O) groups excluding carboxylic acids is 1. The van der Waals surface area contributed by atoms with Crippen LogP contribution in [0.1, 0.15) is 22.0 Å². The number of hydrogen-bond acceptors (Lipinski definition) is 4. The fourth-order valence-corrected chi connectivity index (χ4v) is 1.20. The van der Waals surface area contributed by atoms with E-state index in [0.29, 0.717) is 6.29 Å². The van der Waals surface area contributed by atoms with Gasteiger partial charge in [-0.25, -0.2) is 9.18 Å². The molecule has 0 saturated carbocycles. The van der Waals surface area contributed by atoms with Crippen molar-refractivity contribution in [1.82, 2.24) is 0 Å². The van der Waals surface area contributed by atoms with Gasteiger partial charge in [-0.05, 0) is 6.07 Å². The summed E-state index contributed by atoms with van der Waals surface area (Å²) in [5.74, 6) is -2.56. The first-order valence-corrected chi connectivity index (χ1v) is 4.24. The Bertz CT molecular complexity index is 429. The molecule has 0 aliphatic carbocycles. The molecule has 0 saturated heterocycles. The molecule has 0 aliphatic rings. The molecule has 16 heavy (non-hydrogen) atoms. The minimum Gasteiger partial charge on any atom is -0.496 e. The van der Waals surface area contributed by atoms with Crippen LogP contribution in [0.2, 0.25) is 0 Å². The van der Waals surface area contributed by atoms with E-state index in [1.54, 1.807) is 0 Å². The number of aldehydes is 1. The van der Waals surface area contributed by atoms with E-state index in [-0.39, 0.29) is 11.3 Å². The Morgan fingerprint density at radius 1 is 1.56 bits per heavy atom. The van der Waals surface area contributed by atoms with Crippen molar-refractivity contribution in [3.63, 3.8) is 0 Å². The Kier molecular flexibility index (Phi) is 3.57. The van der Waals surface area contributed by atoms with Crippen LogP contribution in [-0.2, 0) is 4.79 Å². The number of hydrogen-bond donors (Lipinski definition) is 2. The topological polar surface area (TPSA) is 83.8 Å². The highest BCUT2D eigenvalue weighted by Gasteiger charge is 2.22. The Morgan fingerprint density at radius 2 is 2.19 bits per heavy atom. The summed E-state index contributed by atoms with van der Waals surface area (Å²) in [6.07, 6.45) is -1.62. The van der Waals surface area contributed by atoms with E-state index in [1.165, 1.54) is 7.11 Å². The summed E-state index contributed by atoms with van der Waals surface area (Å²) in [4.78, 5) is 21.1. The monoisotopic (exact) mass is 228 g/mol. The summed E-state index contributed by atoms with van der Waals surface area (Å²) in [7, 11) is 1.25. The Morgan fingerprint density at radius 3 is 2.62 bits per heavy atom. The highest BCUT2D eigenvalue weighted by molar-refractivity contribution is 5.81. The van der Waals surface area contributed by atoms with Gasteiger partial charge in [0.05, 0.1) is 12.7 Å². The van der Waals surface area contributed by atoms with Crippen molar-refractivity contribution in [3.8, 4) is 5.75 Å². The zero-order valence-electron chi connectivity index (χ0n) is 8.31. The van der Waals surface area contributed by atoms with Crippen LogP contribution in [0.25, 0.3) is 0 Å². The van der Waals surface area contributed by atoms with E-state index in [2.05, 4.69) is 0 Å². The van der Waals surface area contributed by atoms with Gasteiger partial charge in [0.15, 0.2) is 12.4 Å². The molecule has 86 valence electrons. The van der Waals surface area contributed by atoms with Crippen molar-refractivity contribution >= 4 is 12.3 Å². The van der Waals surface area contributed by atoms with Crippen molar-refractivity contribution in [2.24, 2.45) is 0 Å². The van der Waals surface area contributed by atoms with E-state index in [9.17, 15) is 14.0 Å². The normalized spacial score (nSPS) is 11.9. The third-order valence-electron chi connectivity index (χ3n) is 2.00. The van der Waals surface area contributed by atoms with E-state index >= 15 is 0 Å². The SMILES string of the molecule is COc1cc(F)c(C(O)C(=O)O)cc1C=O. The maximum absolute atomic E-state index is 13.3. The molecule has 1 unspecified atom stereocenters. The van der Waals surface area contributed by atoms with Crippen molar-refractivity contribution in [2.75, 3.05) is 7.11 Å². The number of carbonyl (C=O) groups is 2. The number of methoxy groups -OCH3 is 1. The molecule has 0 amide bonds. The third-order valence-corrected chi connectivity index (χ3v) is 2.00. The van der Waals surface area contributed by atoms with E-state index in [4.69, 9.17) is 14.9 Å². The van der Waals surface area contributed by atoms with E-state index in [1.807, 2.05) is 0 Å². The lowest BCUT2D eigenvalue weighted by atomic mass is 10.0. The maximum atomic E-state index is 13.3. The van der Waals surface area contributed by atoms with Crippen LogP contribution < -0.4 is 4.74 Å². The van der Waals surface area contributed by atoms with Gasteiger partial charge in [-0.15, -0.1) is 0 Å². The first-order valence-electron chi connectivity index (χ1n) is 4.24. The molecule has 2 N–H and O–H groups in total. The zero-order chi connectivity index (χ0) is 12.3. The highest BCUT2D eigenvalue weighted by Crippen LogP contribution is 2.25. The number of aliphatic hydroxyl groups is 1. The van der Waals surface area contributed by atoms with Gasteiger partial charge in [0, 0.05) is 11.6 Å². The van der Waals surface area contributed by atoms with Crippen LogP contribution in [0.4, 0.5) is 4.39 Å². The van der Waals surface area contributed by atoms with Crippen molar-refractivity contribution in [1.29, 1.82) is 0 Å². The number of carboxylic acid groups (broad SMARTS) is 1. The molecule has 1 rings (SSSR count). The second-order valence-corrected chi connectivity index (χ2v) is 2.97. The van der Waals surface area contributed by atoms with Gasteiger partial charge in [0.25, 0.3) is 0 Å². The van der Waals surface area contributed by atoms with Crippen LogP contribution in [-0.4, -0.2) is 29.6 Å². The first-order chi connectivity index (χ1) is 7.51. The summed E-state index contributed by atoms with van der Waals surface area (Å²) in [5.41, 5.74) is -0.505. The van der Waals surface area contributed by atoms with Crippen LogP contribution in [0.5, 0.6) is 5.75 Å². The molecular weight excluding hydrogens is 219 g/mol. The molecule has 0 radical (unpaired) electrons. The van der Waals surface area contributed by atoms with Gasteiger partial charge in [-0.1, -0.05) is 0 Å². The smallest absolute Gasteiger partial charge is 0.337 e. The van der Waals surface area contributed by atoms with Crippen LogP contribution in [0.15, 0.2) is 12.1 Å². The lowest BCUT2D eigenvalue weighted by Gasteiger charge is -2.10. The molecule has 1 aromatic carbocycles. The standard InChI is InChI=1S/C10H9FO5/c1-16-8-3-7(11)6(2-5(8)4-12)9(13)10(14)15/h2-4,9,13H,1H3,(H,14,15). The third kappa shape index (κ3) is 2.17. The molecule has 6 heteroatoms. The van der Waals surface area contributed by atoms with Gasteiger partial charge in [0.1, 0.15) is 11.6 Å². The summed E-state index contributed by atoms with van der Waals surface area (Å²) in [6.45, 7) is 0. The lowest BCUT2D eigenvalue weighted by molar-refractivity contribution is -0.147. The van der Waals surface area contributed by atoms with Gasteiger partial charge in [-0.2, -0.15) is 0 Å². The zero-order valence-corrected chi connectivity index (χ0v) is 8.31. The molecule has 1 atom stereocenters. The highest BCUT2D eigenvalue weighted by atomic mass is 19.1. The number of ether oxygens (including phenoxy) is 1. The van der Waals surface area contributed by atoms with Gasteiger partial charge >= 0.3 is 5.97 Å². The Labute approximate surface area is 90.1 Å². The van der Waals surface area contributed by atoms with Crippen molar-refractivity contribution in [3.05, 3.63) is 29.1 Å². The average Bonchev–Trinajstić information content (AvgIpc) is 2.27. The second kappa shape index (κ2) is 4.71. The second-order valence-electron chi connectivity index (χ2n) is 2.97. The number of aliphatic hydroxyl groups excluding tert-OH is 1. The number of halogens is 1. The quantitative estimate of drug-likeness (QED) is 0.743. The molecule has 0 aliphatic heterocycles. The molecule has 0 fully saturated rings. The molecule has 1 aromatic rings. The van der Waals surface area contributed by atoms with Crippen LogP contribution in [0.3, 0.4) is 0 Å². The van der Waals surface area contributed by atoms with Gasteiger partial charge in [0.2, 0.25) is 0 Å². The summed E-state index contributed by atoms with van der Waals surface area (Å²) < 4.78 is 18.1. The molecular formula is C10H9FO5. The predicted octanol–water partition coefficient (Wildman–Crippen LogP) is 0.765. The molecule has 5 nitrogen and oxygen atoms in total. The van der Waals surface area contributed by atoms with Gasteiger partial charge in [-0.3, -0.25) is 4.79 Å². The van der Waals surface area contributed by atoms with E-state index in [0.717, 1.165) is 12.1 Å².